The van der Waals surface area contributed by atoms with E-state index in [2.05, 4.69) is 0 Å². The molecule has 2 rings (SSSR count). The van der Waals surface area contributed by atoms with Crippen LogP contribution < -0.4 is 9.47 Å². The summed E-state index contributed by atoms with van der Waals surface area (Å²) in [7, 11) is 3.03. The third kappa shape index (κ3) is 5.14. The van der Waals surface area contributed by atoms with E-state index in [1.54, 1.807) is 24.3 Å². The van der Waals surface area contributed by atoms with Gasteiger partial charge in [0.1, 0.15) is 11.5 Å². The fraction of sp³-hybridized carbons (Fsp3) is 0.227. The van der Waals surface area contributed by atoms with Crippen LogP contribution in [0.4, 0.5) is 0 Å². The largest absolute Gasteiger partial charge is 0.508 e. The molecule has 0 saturated carbocycles. The number of phenolic OH excluding ortho intramolecular Hbond substituents is 2. The molecule has 5 nitrogen and oxygen atoms in total. The molecule has 0 amide bonds. The molecule has 0 spiro atoms. The van der Waals surface area contributed by atoms with Crippen molar-refractivity contribution in [3.05, 3.63) is 64.7 Å². The molecule has 0 heterocycles. The number of ketones is 1. The Labute approximate surface area is 159 Å². The predicted octanol–water partition coefficient (Wildman–Crippen LogP) is 4.52. The van der Waals surface area contributed by atoms with Gasteiger partial charge < -0.3 is 19.7 Å². The summed E-state index contributed by atoms with van der Waals surface area (Å²) in [6.45, 7) is 3.94. The summed E-state index contributed by atoms with van der Waals surface area (Å²) in [4.78, 5) is 12.4. The van der Waals surface area contributed by atoms with E-state index in [4.69, 9.17) is 9.47 Å². The number of aromatic hydroxyl groups is 2. The Bertz CT molecular complexity index is 890. The molecule has 0 aliphatic heterocycles. The smallest absolute Gasteiger partial charge is 0.185 e. The molecule has 0 aromatic heterocycles. The minimum absolute atomic E-state index is 0.0216. The van der Waals surface area contributed by atoms with Crippen LogP contribution in [0.25, 0.3) is 6.08 Å². The van der Waals surface area contributed by atoms with Crippen molar-refractivity contribution in [3.63, 3.8) is 0 Å². The van der Waals surface area contributed by atoms with E-state index in [1.807, 2.05) is 19.9 Å². The molecular weight excluding hydrogens is 344 g/mol. The van der Waals surface area contributed by atoms with Crippen molar-refractivity contribution in [1.29, 1.82) is 0 Å². The van der Waals surface area contributed by atoms with Crippen molar-refractivity contribution < 1.29 is 24.5 Å². The second kappa shape index (κ2) is 8.94. The van der Waals surface area contributed by atoms with Gasteiger partial charge in [0.2, 0.25) is 0 Å². The van der Waals surface area contributed by atoms with Gasteiger partial charge in [0.25, 0.3) is 0 Å². The fourth-order valence-corrected chi connectivity index (χ4v) is 2.50. The molecular formula is C22H24O5. The quantitative estimate of drug-likeness (QED) is 0.427. The average Bonchev–Trinajstić information content (AvgIpc) is 2.65. The van der Waals surface area contributed by atoms with Gasteiger partial charge in [-0.1, -0.05) is 11.6 Å². The van der Waals surface area contributed by atoms with Crippen LogP contribution in [0.2, 0.25) is 0 Å². The Morgan fingerprint density at radius 3 is 2.33 bits per heavy atom. The third-order valence-electron chi connectivity index (χ3n) is 4.04. The first-order valence-corrected chi connectivity index (χ1v) is 8.48. The lowest BCUT2D eigenvalue weighted by atomic mass is 10.0. The van der Waals surface area contributed by atoms with Gasteiger partial charge >= 0.3 is 0 Å². The lowest BCUT2D eigenvalue weighted by molar-refractivity contribution is 0.104. The van der Waals surface area contributed by atoms with Gasteiger partial charge in [-0.05, 0) is 62.2 Å². The number of hydrogen-bond donors (Lipinski definition) is 2. The molecule has 2 N–H and O–H groups in total. The van der Waals surface area contributed by atoms with Gasteiger partial charge in [0, 0.05) is 17.2 Å². The normalized spacial score (nSPS) is 10.7. The first kappa shape index (κ1) is 20.1. The lowest BCUT2D eigenvalue weighted by Gasteiger charge is -2.08. The Balaban J connectivity index is 2.28. The summed E-state index contributed by atoms with van der Waals surface area (Å²) in [6, 6.07) is 7.86. The van der Waals surface area contributed by atoms with Crippen LogP contribution in [-0.2, 0) is 6.42 Å². The zero-order chi connectivity index (χ0) is 20.0. The number of hydrogen-bond acceptors (Lipinski definition) is 5. The number of ether oxygens (including phenoxy) is 2. The maximum absolute atomic E-state index is 12.4. The minimum Gasteiger partial charge on any atom is -0.508 e. The highest BCUT2D eigenvalue weighted by Crippen LogP contribution is 2.30. The van der Waals surface area contributed by atoms with Crippen molar-refractivity contribution in [2.75, 3.05) is 14.2 Å². The summed E-state index contributed by atoms with van der Waals surface area (Å²) in [6.07, 6.45) is 5.42. The topological polar surface area (TPSA) is 76.0 Å². The molecule has 2 aromatic carbocycles. The fourth-order valence-electron chi connectivity index (χ4n) is 2.50. The van der Waals surface area contributed by atoms with E-state index in [0.717, 1.165) is 5.57 Å². The Hall–Kier alpha value is -3.21. The predicted molar refractivity (Wildman–Crippen MR) is 106 cm³/mol. The Kier molecular flexibility index (Phi) is 6.66. The zero-order valence-electron chi connectivity index (χ0n) is 15.9. The Morgan fingerprint density at radius 1 is 1.00 bits per heavy atom. The number of methoxy groups -OCH3 is 2. The van der Waals surface area contributed by atoms with Gasteiger partial charge in [-0.25, -0.2) is 0 Å². The molecule has 0 aliphatic rings. The van der Waals surface area contributed by atoms with Crippen LogP contribution in [0.5, 0.6) is 23.0 Å². The van der Waals surface area contributed by atoms with Gasteiger partial charge in [-0.2, -0.15) is 0 Å². The van der Waals surface area contributed by atoms with Gasteiger partial charge in [0.15, 0.2) is 17.3 Å². The summed E-state index contributed by atoms with van der Waals surface area (Å²) in [5.74, 6) is 0.693. The van der Waals surface area contributed by atoms with E-state index < -0.39 is 0 Å². The highest BCUT2D eigenvalue weighted by molar-refractivity contribution is 6.07. The van der Waals surface area contributed by atoms with E-state index in [0.29, 0.717) is 34.6 Å². The average molecular weight is 368 g/mol. The zero-order valence-corrected chi connectivity index (χ0v) is 15.9. The highest BCUT2D eigenvalue weighted by atomic mass is 16.5. The molecule has 27 heavy (non-hydrogen) atoms. The van der Waals surface area contributed by atoms with Crippen LogP contribution in [0, 0.1) is 0 Å². The van der Waals surface area contributed by atoms with E-state index >= 15 is 0 Å². The lowest BCUT2D eigenvalue weighted by Crippen LogP contribution is -1.97. The molecule has 2 aromatic rings. The van der Waals surface area contributed by atoms with Crippen molar-refractivity contribution >= 4 is 11.9 Å². The van der Waals surface area contributed by atoms with Crippen LogP contribution >= 0.6 is 0 Å². The molecule has 0 bridgehead atoms. The number of phenols is 2. The molecule has 0 fully saturated rings. The van der Waals surface area contributed by atoms with Crippen molar-refractivity contribution in [2.45, 2.75) is 20.3 Å². The summed E-state index contributed by atoms with van der Waals surface area (Å²) < 4.78 is 10.4. The standard InChI is InChI=1S/C22H24O5/c1-14(2)5-6-15-11-16(20(25)13-19(15)24)7-9-18(23)17-8-10-21(26-3)22(12-17)27-4/h5,7-13,24-25H,6H2,1-4H3/b9-7+. The summed E-state index contributed by atoms with van der Waals surface area (Å²) in [5, 5.41) is 20.0. The molecule has 5 heteroatoms. The van der Waals surface area contributed by atoms with Crippen LogP contribution in [-0.4, -0.2) is 30.2 Å². The van der Waals surface area contributed by atoms with Crippen LogP contribution in [0.3, 0.4) is 0 Å². The van der Waals surface area contributed by atoms with Crippen molar-refractivity contribution in [3.8, 4) is 23.0 Å². The maximum atomic E-state index is 12.4. The number of allylic oxidation sites excluding steroid dienone is 3. The number of carbonyl (C=O) groups is 1. The van der Waals surface area contributed by atoms with E-state index in [-0.39, 0.29) is 17.3 Å². The summed E-state index contributed by atoms with van der Waals surface area (Å²) >= 11 is 0. The van der Waals surface area contributed by atoms with E-state index in [1.165, 1.54) is 32.4 Å². The van der Waals surface area contributed by atoms with Gasteiger partial charge in [-0.3, -0.25) is 4.79 Å². The summed E-state index contributed by atoms with van der Waals surface area (Å²) in [5.41, 5.74) is 2.70. The molecule has 0 atom stereocenters. The van der Waals surface area contributed by atoms with Crippen LogP contribution in [0.1, 0.15) is 35.3 Å². The SMILES string of the molecule is COc1ccc(C(=O)/C=C/c2cc(CC=C(C)C)c(O)cc2O)cc1OC. The highest BCUT2D eigenvalue weighted by Gasteiger charge is 2.10. The number of benzene rings is 2. The van der Waals surface area contributed by atoms with Crippen molar-refractivity contribution in [2.24, 2.45) is 0 Å². The number of carbonyl (C=O) groups excluding carboxylic acids is 1. The first-order chi connectivity index (χ1) is 12.8. The minimum atomic E-state index is -0.241. The van der Waals surface area contributed by atoms with Gasteiger partial charge in [-0.15, -0.1) is 0 Å². The Morgan fingerprint density at radius 2 is 1.70 bits per heavy atom. The molecule has 142 valence electrons. The van der Waals surface area contributed by atoms with Crippen molar-refractivity contribution in [1.82, 2.24) is 0 Å². The van der Waals surface area contributed by atoms with E-state index in [9.17, 15) is 15.0 Å². The van der Waals surface area contributed by atoms with Gasteiger partial charge in [0.05, 0.1) is 14.2 Å². The monoisotopic (exact) mass is 368 g/mol. The van der Waals surface area contributed by atoms with Crippen LogP contribution in [0.15, 0.2) is 48.1 Å². The second-order valence-corrected chi connectivity index (χ2v) is 6.29. The third-order valence-corrected chi connectivity index (χ3v) is 4.04. The molecule has 0 unspecified atom stereocenters. The molecule has 0 aliphatic carbocycles. The first-order valence-electron chi connectivity index (χ1n) is 8.48. The molecule has 0 radical (unpaired) electrons. The molecule has 0 saturated heterocycles. The number of rotatable bonds is 7. The second-order valence-electron chi connectivity index (χ2n) is 6.29. The maximum Gasteiger partial charge on any atom is 0.185 e.